The molecule has 94 valence electrons. The molecule has 3 saturated carbocycles. The van der Waals surface area contributed by atoms with Crippen molar-refractivity contribution < 1.29 is 19.1 Å². The highest BCUT2D eigenvalue weighted by Gasteiger charge is 2.64. The van der Waals surface area contributed by atoms with Crippen LogP contribution < -0.4 is 0 Å². The lowest BCUT2D eigenvalue weighted by molar-refractivity contribution is -0.178. The van der Waals surface area contributed by atoms with Crippen molar-refractivity contribution in [3.05, 3.63) is 0 Å². The number of carbonyl (C=O) groups excluding carboxylic acids is 3. The van der Waals surface area contributed by atoms with E-state index in [0.29, 0.717) is 6.42 Å². The molecule has 4 nitrogen and oxygen atoms in total. The molecule has 0 aromatic carbocycles. The molecule has 0 saturated heterocycles. The van der Waals surface area contributed by atoms with Crippen LogP contribution in [-0.2, 0) is 19.1 Å². The van der Waals surface area contributed by atoms with Crippen molar-refractivity contribution in [2.75, 3.05) is 7.11 Å². The Labute approximate surface area is 101 Å². The highest BCUT2D eigenvalue weighted by Crippen LogP contribution is 2.57. The van der Waals surface area contributed by atoms with Crippen molar-refractivity contribution in [1.82, 2.24) is 0 Å². The van der Waals surface area contributed by atoms with E-state index in [1.165, 1.54) is 7.11 Å². The number of Topliss-reactive ketones (excluding diaryl/α,β-unsaturated/α-hetero) is 2. The first-order chi connectivity index (χ1) is 7.75. The topological polar surface area (TPSA) is 60.4 Å². The zero-order valence-corrected chi connectivity index (χ0v) is 10.7. The molecule has 3 atom stereocenters. The van der Waals surface area contributed by atoms with Gasteiger partial charge in [-0.1, -0.05) is 20.8 Å². The van der Waals surface area contributed by atoms with Gasteiger partial charge in [0.1, 0.15) is 11.6 Å². The fraction of sp³-hybridized carbons (Fsp3) is 0.769. The van der Waals surface area contributed by atoms with Gasteiger partial charge in [-0.25, -0.2) is 0 Å². The van der Waals surface area contributed by atoms with E-state index in [9.17, 15) is 14.4 Å². The predicted octanol–water partition coefficient (Wildman–Crippen LogP) is 1.37. The van der Waals surface area contributed by atoms with Crippen LogP contribution in [0.15, 0.2) is 0 Å². The quantitative estimate of drug-likeness (QED) is 0.647. The lowest BCUT2D eigenvalue weighted by Crippen LogP contribution is -2.62. The summed E-state index contributed by atoms with van der Waals surface area (Å²) in [7, 11) is 1.32. The van der Waals surface area contributed by atoms with E-state index in [4.69, 9.17) is 4.74 Å². The summed E-state index contributed by atoms with van der Waals surface area (Å²) in [4.78, 5) is 36.2. The first-order valence-electron chi connectivity index (χ1n) is 5.90. The molecule has 3 fully saturated rings. The second-order valence-electron chi connectivity index (χ2n) is 5.98. The number of esters is 1. The number of carbonyl (C=O) groups is 3. The Bertz CT molecular complexity index is 410. The van der Waals surface area contributed by atoms with Crippen LogP contribution in [0.25, 0.3) is 0 Å². The zero-order chi connectivity index (χ0) is 13.0. The van der Waals surface area contributed by atoms with E-state index in [1.54, 1.807) is 6.92 Å². The summed E-state index contributed by atoms with van der Waals surface area (Å²) < 4.78 is 4.76. The number of ketones is 2. The van der Waals surface area contributed by atoms with Gasteiger partial charge < -0.3 is 4.74 Å². The summed E-state index contributed by atoms with van der Waals surface area (Å²) in [5.41, 5.74) is -1.52. The predicted molar refractivity (Wildman–Crippen MR) is 60.1 cm³/mol. The second-order valence-corrected chi connectivity index (χ2v) is 5.98. The van der Waals surface area contributed by atoms with Gasteiger partial charge in [-0.2, -0.15) is 0 Å². The number of methoxy groups -OCH3 is 1. The van der Waals surface area contributed by atoms with E-state index in [1.807, 2.05) is 13.8 Å². The van der Waals surface area contributed by atoms with Gasteiger partial charge in [0.2, 0.25) is 0 Å². The molecule has 4 heteroatoms. The van der Waals surface area contributed by atoms with Gasteiger partial charge >= 0.3 is 5.97 Å². The minimum absolute atomic E-state index is 0.0243. The average molecular weight is 238 g/mol. The zero-order valence-electron chi connectivity index (χ0n) is 10.7. The van der Waals surface area contributed by atoms with Crippen LogP contribution in [0.3, 0.4) is 0 Å². The van der Waals surface area contributed by atoms with Crippen molar-refractivity contribution >= 4 is 17.5 Å². The Hall–Kier alpha value is -1.19. The lowest BCUT2D eigenvalue weighted by Gasteiger charge is -2.54. The molecule has 0 aromatic heterocycles. The van der Waals surface area contributed by atoms with Crippen molar-refractivity contribution in [3.8, 4) is 0 Å². The standard InChI is InChI=1S/C13H18O4/c1-12(2)7-5-8(10(15)17-4)13(3,11(12)16)6-9(7)14/h7-8H,5-6H2,1-4H3/t7-,8+,13-/m0/s1. The Kier molecular flexibility index (Phi) is 2.46. The van der Waals surface area contributed by atoms with Crippen molar-refractivity contribution in [2.45, 2.75) is 33.6 Å². The van der Waals surface area contributed by atoms with Crippen molar-refractivity contribution in [3.63, 3.8) is 0 Å². The van der Waals surface area contributed by atoms with E-state index in [0.717, 1.165) is 0 Å². The molecule has 3 aliphatic carbocycles. The first-order valence-corrected chi connectivity index (χ1v) is 5.90. The van der Waals surface area contributed by atoms with E-state index in [2.05, 4.69) is 0 Å². The minimum atomic E-state index is -0.873. The van der Waals surface area contributed by atoms with Crippen molar-refractivity contribution in [2.24, 2.45) is 22.7 Å². The van der Waals surface area contributed by atoms with Gasteiger partial charge in [-0.3, -0.25) is 14.4 Å². The van der Waals surface area contributed by atoms with Gasteiger partial charge in [0.25, 0.3) is 0 Å². The maximum Gasteiger partial charge on any atom is 0.309 e. The molecular formula is C13H18O4. The third-order valence-corrected chi connectivity index (χ3v) is 4.63. The Balaban J connectivity index is 2.47. The fourth-order valence-corrected chi connectivity index (χ4v) is 3.56. The number of hydrogen-bond donors (Lipinski definition) is 0. The highest BCUT2D eigenvalue weighted by molar-refractivity contribution is 6.06. The summed E-state index contributed by atoms with van der Waals surface area (Å²) in [6.45, 7) is 5.34. The van der Waals surface area contributed by atoms with Gasteiger partial charge in [0.15, 0.2) is 0 Å². The molecule has 17 heavy (non-hydrogen) atoms. The van der Waals surface area contributed by atoms with Crippen molar-refractivity contribution in [1.29, 1.82) is 0 Å². The SMILES string of the molecule is COC(=O)[C@H]1C[C@H]2C(=O)C[C@]1(C)C(=O)C2(C)C. The molecule has 0 N–H and O–H groups in total. The van der Waals surface area contributed by atoms with Gasteiger partial charge in [0, 0.05) is 23.2 Å². The Morgan fingerprint density at radius 1 is 1.29 bits per heavy atom. The third kappa shape index (κ3) is 1.39. The van der Waals surface area contributed by atoms with E-state index in [-0.39, 0.29) is 29.9 Å². The van der Waals surface area contributed by atoms with Gasteiger partial charge in [0.05, 0.1) is 13.0 Å². The summed E-state index contributed by atoms with van der Waals surface area (Å²) in [6, 6.07) is 0. The van der Waals surface area contributed by atoms with E-state index < -0.39 is 16.7 Å². The normalized spacial score (nSPS) is 39.3. The lowest BCUT2D eigenvalue weighted by atomic mass is 9.46. The maximum atomic E-state index is 12.4. The number of rotatable bonds is 1. The van der Waals surface area contributed by atoms with Crippen LogP contribution in [0.5, 0.6) is 0 Å². The first kappa shape index (κ1) is 12.3. The maximum absolute atomic E-state index is 12.4. The smallest absolute Gasteiger partial charge is 0.309 e. The van der Waals surface area contributed by atoms with Crippen LogP contribution in [0.2, 0.25) is 0 Å². The summed E-state index contributed by atoms with van der Waals surface area (Å²) in [5.74, 6) is -1.03. The van der Waals surface area contributed by atoms with Crippen LogP contribution >= 0.6 is 0 Å². The highest BCUT2D eigenvalue weighted by atomic mass is 16.5. The molecule has 0 amide bonds. The third-order valence-electron chi connectivity index (χ3n) is 4.63. The largest absolute Gasteiger partial charge is 0.469 e. The minimum Gasteiger partial charge on any atom is -0.469 e. The van der Waals surface area contributed by atoms with Crippen LogP contribution in [0.4, 0.5) is 0 Å². The number of hydrogen-bond acceptors (Lipinski definition) is 4. The summed E-state index contributed by atoms with van der Waals surface area (Å²) in [5, 5.41) is 0. The second kappa shape index (κ2) is 3.40. The number of fused-ring (bicyclic) bond motifs is 3. The molecule has 0 radical (unpaired) electrons. The monoisotopic (exact) mass is 238 g/mol. The molecule has 0 aromatic rings. The molecule has 0 unspecified atom stereocenters. The summed E-state index contributed by atoms with van der Waals surface area (Å²) in [6.07, 6.45) is 0.625. The Morgan fingerprint density at radius 2 is 1.88 bits per heavy atom. The van der Waals surface area contributed by atoms with Crippen LogP contribution in [-0.4, -0.2) is 24.6 Å². The molecular weight excluding hydrogens is 220 g/mol. The molecule has 0 aliphatic heterocycles. The molecule has 0 spiro atoms. The van der Waals surface area contributed by atoms with Crippen LogP contribution in [0.1, 0.15) is 33.6 Å². The van der Waals surface area contributed by atoms with E-state index >= 15 is 0 Å². The molecule has 3 aliphatic rings. The molecule has 3 rings (SSSR count). The van der Waals surface area contributed by atoms with Crippen LogP contribution in [0, 0.1) is 22.7 Å². The molecule has 2 bridgehead atoms. The number of ether oxygens (including phenoxy) is 1. The average Bonchev–Trinajstić information content (AvgIpc) is 2.24. The summed E-state index contributed by atoms with van der Waals surface area (Å²) >= 11 is 0. The molecule has 0 heterocycles. The van der Waals surface area contributed by atoms with Gasteiger partial charge in [-0.05, 0) is 6.42 Å². The van der Waals surface area contributed by atoms with Gasteiger partial charge in [-0.15, -0.1) is 0 Å². The fourth-order valence-electron chi connectivity index (χ4n) is 3.56. The Morgan fingerprint density at radius 3 is 2.41 bits per heavy atom.